The Morgan fingerprint density at radius 1 is 1.60 bits per heavy atom. The number of carbonyl (C=O) groups is 1. The monoisotopic (exact) mass is 334 g/mol. The number of hydrogen-bond acceptors (Lipinski definition) is 5. The van der Waals surface area contributed by atoms with E-state index in [9.17, 15) is 13.2 Å². The minimum absolute atomic E-state index is 0.0188. The molecule has 1 unspecified atom stereocenters. The normalized spacial score (nSPS) is 19.9. The Kier molecular flexibility index (Phi) is 4.93. The van der Waals surface area contributed by atoms with Gasteiger partial charge in [-0.1, -0.05) is 18.5 Å². The Labute approximate surface area is 127 Å². The van der Waals surface area contributed by atoms with E-state index in [4.69, 9.17) is 11.6 Å². The topological polar surface area (TPSA) is 67.3 Å². The molecular formula is C12H15ClN2O3S2. The third-order valence-electron chi connectivity index (χ3n) is 3.10. The van der Waals surface area contributed by atoms with E-state index in [2.05, 4.69) is 4.98 Å². The summed E-state index contributed by atoms with van der Waals surface area (Å²) in [7, 11) is -3.31. The van der Waals surface area contributed by atoms with E-state index in [1.54, 1.807) is 24.8 Å². The van der Waals surface area contributed by atoms with Crippen LogP contribution in [0.2, 0.25) is 5.02 Å². The highest BCUT2D eigenvalue weighted by Crippen LogP contribution is 2.23. The highest BCUT2D eigenvalue weighted by atomic mass is 35.5. The fraction of sp³-hybridized carbons (Fsp3) is 0.500. The van der Waals surface area contributed by atoms with Crippen molar-refractivity contribution in [2.24, 2.45) is 0 Å². The second-order valence-electron chi connectivity index (χ2n) is 4.34. The van der Waals surface area contributed by atoms with Gasteiger partial charge in [0, 0.05) is 35.0 Å². The molecule has 1 aliphatic heterocycles. The molecule has 2 rings (SSSR count). The third-order valence-corrected chi connectivity index (χ3v) is 6.63. The number of thioether (sulfide) groups is 1. The first-order valence-electron chi connectivity index (χ1n) is 6.17. The van der Waals surface area contributed by atoms with Gasteiger partial charge in [-0.15, -0.1) is 0 Å². The van der Waals surface area contributed by atoms with E-state index in [1.165, 1.54) is 17.2 Å². The summed E-state index contributed by atoms with van der Waals surface area (Å²) in [6, 6.07) is 3.03. The van der Waals surface area contributed by atoms with Crippen molar-refractivity contribution >= 4 is 39.1 Å². The van der Waals surface area contributed by atoms with Gasteiger partial charge in [0.05, 0.1) is 0 Å². The van der Waals surface area contributed by atoms with Crippen LogP contribution in [0.5, 0.6) is 0 Å². The predicted molar refractivity (Wildman–Crippen MR) is 80.9 cm³/mol. The van der Waals surface area contributed by atoms with Crippen molar-refractivity contribution in [2.75, 3.05) is 23.8 Å². The zero-order valence-electron chi connectivity index (χ0n) is 11.0. The fourth-order valence-corrected chi connectivity index (χ4v) is 5.10. The van der Waals surface area contributed by atoms with Crippen LogP contribution in [-0.4, -0.2) is 53.4 Å². The molecule has 1 amide bonds. The molecular weight excluding hydrogens is 320 g/mol. The molecule has 0 aliphatic carbocycles. The quantitative estimate of drug-likeness (QED) is 0.841. The number of rotatable bonds is 3. The minimum Gasteiger partial charge on any atom is -0.319 e. The van der Waals surface area contributed by atoms with E-state index in [0.29, 0.717) is 17.3 Å². The first-order valence-corrected chi connectivity index (χ1v) is 9.42. The molecule has 0 N–H and O–H groups in total. The highest BCUT2D eigenvalue weighted by molar-refractivity contribution is 8.01. The van der Waals surface area contributed by atoms with Crippen LogP contribution in [0.25, 0.3) is 0 Å². The molecule has 20 heavy (non-hydrogen) atoms. The van der Waals surface area contributed by atoms with Crippen LogP contribution in [0, 0.1) is 0 Å². The van der Waals surface area contributed by atoms with E-state index in [0.717, 1.165) is 5.75 Å². The highest BCUT2D eigenvalue weighted by Gasteiger charge is 2.36. The summed E-state index contributed by atoms with van der Waals surface area (Å²) in [4.78, 5) is 17.8. The van der Waals surface area contributed by atoms with Gasteiger partial charge in [0.1, 0.15) is 11.1 Å². The zero-order chi connectivity index (χ0) is 14.8. The van der Waals surface area contributed by atoms with Crippen molar-refractivity contribution in [1.82, 2.24) is 9.88 Å². The molecule has 0 aromatic carbocycles. The van der Waals surface area contributed by atoms with E-state index < -0.39 is 15.2 Å². The molecule has 1 aromatic heterocycles. The molecule has 110 valence electrons. The maximum Gasteiger partial charge on any atom is 0.273 e. The number of aromatic nitrogens is 1. The molecule has 1 fully saturated rings. The summed E-state index contributed by atoms with van der Waals surface area (Å²) in [5.41, 5.74) is 0.181. The van der Waals surface area contributed by atoms with Gasteiger partial charge in [-0.05, 0) is 12.1 Å². The molecule has 5 nitrogen and oxygen atoms in total. The van der Waals surface area contributed by atoms with Crippen LogP contribution in [-0.2, 0) is 9.84 Å². The third kappa shape index (κ3) is 3.27. The predicted octanol–water partition coefficient (Wildman–Crippen LogP) is 1.68. The van der Waals surface area contributed by atoms with Crippen LogP contribution in [0.15, 0.2) is 18.3 Å². The zero-order valence-corrected chi connectivity index (χ0v) is 13.3. The van der Waals surface area contributed by atoms with Gasteiger partial charge >= 0.3 is 0 Å². The lowest BCUT2D eigenvalue weighted by atomic mass is 10.3. The molecule has 8 heteroatoms. The number of amides is 1. The Balaban J connectivity index is 2.31. The van der Waals surface area contributed by atoms with Gasteiger partial charge < -0.3 is 4.90 Å². The number of nitrogens with zero attached hydrogens (tertiary/aromatic N) is 2. The summed E-state index contributed by atoms with van der Waals surface area (Å²) < 4.78 is 24.2. The molecule has 0 bridgehead atoms. The van der Waals surface area contributed by atoms with Crippen molar-refractivity contribution < 1.29 is 13.2 Å². The summed E-state index contributed by atoms with van der Waals surface area (Å²) in [6.45, 7) is 2.00. The second-order valence-corrected chi connectivity index (χ2v) is 8.37. The summed E-state index contributed by atoms with van der Waals surface area (Å²) in [5, 5.41) is -0.371. The lowest BCUT2D eigenvalue weighted by Gasteiger charge is -2.34. The SMILES string of the molecule is CCS(=O)(=O)C1CSCCN1C(=O)c1cc(Cl)ccn1. The number of pyridine rings is 1. The van der Waals surface area contributed by atoms with Crippen molar-refractivity contribution in [1.29, 1.82) is 0 Å². The first-order chi connectivity index (χ1) is 9.45. The molecule has 0 spiro atoms. The lowest BCUT2D eigenvalue weighted by molar-refractivity contribution is 0.0743. The summed E-state index contributed by atoms with van der Waals surface area (Å²) in [6.07, 6.45) is 1.44. The molecule has 1 aromatic rings. The number of hydrogen-bond donors (Lipinski definition) is 0. The maximum absolute atomic E-state index is 12.5. The largest absolute Gasteiger partial charge is 0.319 e. The Morgan fingerprint density at radius 3 is 3.00 bits per heavy atom. The molecule has 2 heterocycles. The van der Waals surface area contributed by atoms with E-state index in [1.807, 2.05) is 0 Å². The van der Waals surface area contributed by atoms with Gasteiger partial charge in [-0.2, -0.15) is 11.8 Å². The Hall–Kier alpha value is -0.790. The van der Waals surface area contributed by atoms with Crippen molar-refractivity contribution in [3.63, 3.8) is 0 Å². The molecule has 1 saturated heterocycles. The molecule has 0 saturated carbocycles. The van der Waals surface area contributed by atoms with Gasteiger partial charge in [0.2, 0.25) is 0 Å². The number of halogens is 1. The minimum atomic E-state index is -3.31. The van der Waals surface area contributed by atoms with Crippen LogP contribution in [0.1, 0.15) is 17.4 Å². The van der Waals surface area contributed by atoms with Gasteiger partial charge in [0.25, 0.3) is 5.91 Å². The average Bonchev–Trinajstić information content (AvgIpc) is 2.46. The summed E-state index contributed by atoms with van der Waals surface area (Å²) >= 11 is 7.39. The Bertz CT molecular complexity index is 606. The van der Waals surface area contributed by atoms with Gasteiger partial charge in [-0.3, -0.25) is 9.78 Å². The standard InChI is InChI=1S/C12H15ClN2O3S2/c1-2-20(17,18)11-8-19-6-5-15(11)12(16)10-7-9(13)3-4-14-10/h3-4,7,11H,2,5-6,8H2,1H3. The van der Waals surface area contributed by atoms with E-state index >= 15 is 0 Å². The van der Waals surface area contributed by atoms with Crippen LogP contribution in [0.4, 0.5) is 0 Å². The average molecular weight is 335 g/mol. The molecule has 1 atom stereocenters. The fourth-order valence-electron chi connectivity index (χ4n) is 1.97. The van der Waals surface area contributed by atoms with Crippen molar-refractivity contribution in [3.8, 4) is 0 Å². The maximum atomic E-state index is 12.5. The summed E-state index contributed by atoms with van der Waals surface area (Å²) in [5.74, 6) is 0.769. The van der Waals surface area contributed by atoms with E-state index in [-0.39, 0.29) is 17.4 Å². The number of sulfone groups is 1. The smallest absolute Gasteiger partial charge is 0.273 e. The van der Waals surface area contributed by atoms with Crippen molar-refractivity contribution in [3.05, 3.63) is 29.0 Å². The van der Waals surface area contributed by atoms with Crippen LogP contribution < -0.4 is 0 Å². The molecule has 1 aliphatic rings. The lowest BCUT2D eigenvalue weighted by Crippen LogP contribution is -2.50. The van der Waals surface area contributed by atoms with Crippen LogP contribution in [0.3, 0.4) is 0 Å². The van der Waals surface area contributed by atoms with Crippen LogP contribution >= 0.6 is 23.4 Å². The number of carbonyl (C=O) groups excluding carboxylic acids is 1. The molecule has 0 radical (unpaired) electrons. The second kappa shape index (κ2) is 6.32. The van der Waals surface area contributed by atoms with Gasteiger partial charge in [-0.25, -0.2) is 8.42 Å². The Morgan fingerprint density at radius 2 is 2.35 bits per heavy atom. The van der Waals surface area contributed by atoms with Crippen molar-refractivity contribution in [2.45, 2.75) is 12.3 Å². The van der Waals surface area contributed by atoms with Gasteiger partial charge in [0.15, 0.2) is 9.84 Å². The first kappa shape index (κ1) is 15.6.